The third-order valence-electron chi connectivity index (χ3n) is 3.06. The molecule has 1 rings (SSSR count). The predicted molar refractivity (Wildman–Crippen MR) is 58.0 cm³/mol. The first-order chi connectivity index (χ1) is 6.18. The van der Waals surface area contributed by atoms with Crippen molar-refractivity contribution in [2.24, 2.45) is 5.41 Å². The summed E-state index contributed by atoms with van der Waals surface area (Å²) in [4.78, 5) is 0. The van der Waals surface area contributed by atoms with Crippen molar-refractivity contribution in [3.05, 3.63) is 0 Å². The van der Waals surface area contributed by atoms with Crippen LogP contribution in [0.3, 0.4) is 0 Å². The maximum atomic E-state index is 3.53. The second-order valence-corrected chi connectivity index (χ2v) is 4.64. The zero-order valence-corrected chi connectivity index (χ0v) is 9.32. The Morgan fingerprint density at radius 3 is 2.38 bits per heavy atom. The summed E-state index contributed by atoms with van der Waals surface area (Å²) in [6.45, 7) is 10.1. The third kappa shape index (κ3) is 4.10. The minimum absolute atomic E-state index is 0.614. The van der Waals surface area contributed by atoms with Crippen molar-refractivity contribution in [3.8, 4) is 0 Å². The van der Waals surface area contributed by atoms with E-state index in [2.05, 4.69) is 31.4 Å². The Bertz CT molecular complexity index is 139. The molecule has 0 heterocycles. The molecular weight excluding hydrogens is 160 g/mol. The van der Waals surface area contributed by atoms with E-state index >= 15 is 0 Å². The van der Waals surface area contributed by atoms with Gasteiger partial charge in [-0.2, -0.15) is 0 Å². The lowest BCUT2D eigenvalue weighted by atomic mass is 10.0. The molecule has 1 fully saturated rings. The molecule has 13 heavy (non-hydrogen) atoms. The van der Waals surface area contributed by atoms with Crippen LogP contribution in [0.4, 0.5) is 0 Å². The summed E-state index contributed by atoms with van der Waals surface area (Å²) in [5.74, 6) is 0. The Kier molecular flexibility index (Phi) is 4.20. The minimum Gasteiger partial charge on any atom is -0.315 e. The van der Waals surface area contributed by atoms with E-state index in [1.165, 1.54) is 25.8 Å². The molecule has 2 N–H and O–H groups in total. The zero-order valence-electron chi connectivity index (χ0n) is 9.32. The van der Waals surface area contributed by atoms with Gasteiger partial charge in [-0.25, -0.2) is 0 Å². The van der Waals surface area contributed by atoms with E-state index in [4.69, 9.17) is 0 Å². The Hall–Kier alpha value is -0.0800. The molecule has 1 saturated carbocycles. The fourth-order valence-corrected chi connectivity index (χ4v) is 1.63. The number of hydrogen-bond acceptors (Lipinski definition) is 2. The number of hydrogen-bond donors (Lipinski definition) is 2. The predicted octanol–water partition coefficient (Wildman–Crippen LogP) is 1.76. The van der Waals surface area contributed by atoms with Crippen LogP contribution in [0.25, 0.3) is 0 Å². The van der Waals surface area contributed by atoms with Gasteiger partial charge in [0.05, 0.1) is 0 Å². The van der Waals surface area contributed by atoms with Crippen LogP contribution in [0.5, 0.6) is 0 Å². The van der Waals surface area contributed by atoms with Gasteiger partial charge in [0.1, 0.15) is 0 Å². The van der Waals surface area contributed by atoms with Crippen molar-refractivity contribution >= 4 is 0 Å². The lowest BCUT2D eigenvalue weighted by Gasteiger charge is -2.14. The van der Waals surface area contributed by atoms with Crippen molar-refractivity contribution < 1.29 is 0 Å². The summed E-state index contributed by atoms with van der Waals surface area (Å²) in [5, 5.41) is 6.94. The van der Waals surface area contributed by atoms with Crippen LogP contribution in [-0.4, -0.2) is 25.7 Å². The lowest BCUT2D eigenvalue weighted by Crippen LogP contribution is -2.34. The molecule has 0 spiro atoms. The van der Waals surface area contributed by atoms with Gasteiger partial charge in [-0.15, -0.1) is 0 Å². The van der Waals surface area contributed by atoms with Crippen LogP contribution in [0.2, 0.25) is 0 Å². The molecule has 78 valence electrons. The highest BCUT2D eigenvalue weighted by atomic mass is 15.0. The maximum absolute atomic E-state index is 3.53. The fraction of sp³-hybridized carbons (Fsp3) is 1.00. The molecule has 0 aromatic carbocycles. The van der Waals surface area contributed by atoms with Crippen LogP contribution in [-0.2, 0) is 0 Å². The Morgan fingerprint density at radius 2 is 1.92 bits per heavy atom. The Labute approximate surface area is 82.5 Å². The van der Waals surface area contributed by atoms with Crippen molar-refractivity contribution in [2.75, 3.05) is 19.6 Å². The lowest BCUT2D eigenvalue weighted by molar-refractivity contribution is 0.437. The zero-order chi connectivity index (χ0) is 9.73. The van der Waals surface area contributed by atoms with Gasteiger partial charge < -0.3 is 10.6 Å². The highest BCUT2D eigenvalue weighted by Crippen LogP contribution is 2.47. The molecule has 0 bridgehead atoms. The molecular formula is C11H24N2. The van der Waals surface area contributed by atoms with Gasteiger partial charge in [0, 0.05) is 25.7 Å². The van der Waals surface area contributed by atoms with Gasteiger partial charge in [-0.3, -0.25) is 0 Å². The first kappa shape index (κ1) is 11.0. The van der Waals surface area contributed by atoms with E-state index in [-0.39, 0.29) is 0 Å². The van der Waals surface area contributed by atoms with Crippen LogP contribution in [0.15, 0.2) is 0 Å². The number of nitrogens with one attached hydrogen (secondary N) is 2. The van der Waals surface area contributed by atoms with Crippen molar-refractivity contribution in [3.63, 3.8) is 0 Å². The van der Waals surface area contributed by atoms with Crippen LogP contribution < -0.4 is 10.6 Å². The van der Waals surface area contributed by atoms with Gasteiger partial charge in [0.15, 0.2) is 0 Å². The first-order valence-electron chi connectivity index (χ1n) is 5.63. The Morgan fingerprint density at radius 1 is 1.23 bits per heavy atom. The summed E-state index contributed by atoms with van der Waals surface area (Å²) in [6, 6.07) is 0.614. The fourth-order valence-electron chi connectivity index (χ4n) is 1.63. The molecule has 0 aliphatic heterocycles. The largest absolute Gasteiger partial charge is 0.315 e. The minimum atomic E-state index is 0.614. The average molecular weight is 184 g/mol. The highest BCUT2D eigenvalue weighted by molar-refractivity contribution is 4.93. The SMILES string of the molecule is CCC1(CNCCNC(C)C)CC1. The monoisotopic (exact) mass is 184 g/mol. The van der Waals surface area contributed by atoms with E-state index in [1.54, 1.807) is 0 Å². The molecule has 1 aliphatic rings. The third-order valence-corrected chi connectivity index (χ3v) is 3.06. The van der Waals surface area contributed by atoms with Crippen molar-refractivity contribution in [2.45, 2.75) is 46.1 Å². The van der Waals surface area contributed by atoms with Gasteiger partial charge in [0.25, 0.3) is 0 Å². The van der Waals surface area contributed by atoms with E-state index in [0.717, 1.165) is 13.1 Å². The summed E-state index contributed by atoms with van der Waals surface area (Å²) < 4.78 is 0. The quantitative estimate of drug-likeness (QED) is 0.589. The van der Waals surface area contributed by atoms with E-state index in [0.29, 0.717) is 11.5 Å². The average Bonchev–Trinajstić information content (AvgIpc) is 2.84. The normalized spacial score (nSPS) is 19.4. The van der Waals surface area contributed by atoms with Gasteiger partial charge >= 0.3 is 0 Å². The molecule has 0 radical (unpaired) electrons. The molecule has 2 heteroatoms. The molecule has 0 aromatic heterocycles. The summed E-state index contributed by atoms with van der Waals surface area (Å²) in [5.41, 5.74) is 0.692. The molecule has 1 aliphatic carbocycles. The highest BCUT2D eigenvalue weighted by Gasteiger charge is 2.39. The molecule has 0 atom stereocenters. The van der Waals surface area contributed by atoms with Crippen LogP contribution in [0, 0.1) is 5.41 Å². The van der Waals surface area contributed by atoms with Crippen molar-refractivity contribution in [1.82, 2.24) is 10.6 Å². The van der Waals surface area contributed by atoms with E-state index in [1.807, 2.05) is 0 Å². The second kappa shape index (κ2) is 4.97. The Balaban J connectivity index is 1.90. The second-order valence-electron chi connectivity index (χ2n) is 4.64. The first-order valence-corrected chi connectivity index (χ1v) is 5.63. The molecule has 0 aromatic rings. The topological polar surface area (TPSA) is 24.1 Å². The summed E-state index contributed by atoms with van der Waals surface area (Å²) >= 11 is 0. The van der Waals surface area contributed by atoms with Gasteiger partial charge in [-0.1, -0.05) is 20.8 Å². The van der Waals surface area contributed by atoms with E-state index < -0.39 is 0 Å². The van der Waals surface area contributed by atoms with Gasteiger partial charge in [0.2, 0.25) is 0 Å². The summed E-state index contributed by atoms with van der Waals surface area (Å²) in [7, 11) is 0. The van der Waals surface area contributed by atoms with E-state index in [9.17, 15) is 0 Å². The maximum Gasteiger partial charge on any atom is 0.00790 e. The standard InChI is InChI=1S/C11H24N2/c1-4-11(5-6-11)9-12-7-8-13-10(2)3/h10,12-13H,4-9H2,1-3H3. The van der Waals surface area contributed by atoms with Gasteiger partial charge in [-0.05, 0) is 24.7 Å². The summed E-state index contributed by atoms with van der Waals surface area (Å²) in [6.07, 6.45) is 4.22. The smallest absolute Gasteiger partial charge is 0.00790 e. The molecule has 2 nitrogen and oxygen atoms in total. The van der Waals surface area contributed by atoms with Crippen molar-refractivity contribution in [1.29, 1.82) is 0 Å². The number of rotatable bonds is 7. The molecule has 0 amide bonds. The van der Waals surface area contributed by atoms with Crippen LogP contribution in [0.1, 0.15) is 40.0 Å². The molecule has 0 saturated heterocycles. The van der Waals surface area contributed by atoms with Crippen LogP contribution >= 0.6 is 0 Å². The molecule has 0 unspecified atom stereocenters.